The predicted molar refractivity (Wildman–Crippen MR) is 73.5 cm³/mol. The molecule has 0 N–H and O–H groups in total. The molecule has 19 heavy (non-hydrogen) atoms. The fourth-order valence-corrected chi connectivity index (χ4v) is 2.35. The third-order valence-electron chi connectivity index (χ3n) is 3.71. The van der Waals surface area contributed by atoms with Crippen LogP contribution >= 0.6 is 0 Å². The second-order valence-corrected chi connectivity index (χ2v) is 6.05. The molecule has 1 aromatic carbocycles. The molecule has 0 bridgehead atoms. The van der Waals surface area contributed by atoms with Crippen molar-refractivity contribution in [3.8, 4) is 0 Å². The Labute approximate surface area is 114 Å². The minimum absolute atomic E-state index is 0.0621. The molecule has 2 atom stereocenters. The summed E-state index contributed by atoms with van der Waals surface area (Å²) in [6.07, 6.45) is -0.211. The van der Waals surface area contributed by atoms with Crippen molar-refractivity contribution in [3.63, 3.8) is 0 Å². The number of hydrogen-bond donors (Lipinski definition) is 0. The van der Waals surface area contributed by atoms with Crippen molar-refractivity contribution in [1.82, 2.24) is 0 Å². The van der Waals surface area contributed by atoms with E-state index in [9.17, 15) is 4.79 Å². The topological polar surface area (TPSA) is 35.5 Å². The van der Waals surface area contributed by atoms with E-state index in [4.69, 9.17) is 9.47 Å². The van der Waals surface area contributed by atoms with Gasteiger partial charge in [-0.15, -0.1) is 0 Å². The van der Waals surface area contributed by atoms with E-state index in [0.717, 1.165) is 5.56 Å². The first-order valence-corrected chi connectivity index (χ1v) is 6.79. The first-order chi connectivity index (χ1) is 8.93. The third kappa shape index (κ3) is 2.81. The predicted octanol–water partition coefficient (Wildman–Crippen LogP) is 3.18. The van der Waals surface area contributed by atoms with Crippen LogP contribution in [-0.2, 0) is 20.9 Å². The highest BCUT2D eigenvalue weighted by Crippen LogP contribution is 2.40. The van der Waals surface area contributed by atoms with Gasteiger partial charge < -0.3 is 9.47 Å². The number of benzene rings is 1. The number of hydrogen-bond acceptors (Lipinski definition) is 3. The van der Waals surface area contributed by atoms with Crippen molar-refractivity contribution in [2.75, 3.05) is 0 Å². The number of carbonyl (C=O) groups excluding carboxylic acids is 1. The maximum atomic E-state index is 11.5. The molecule has 1 heterocycles. The van der Waals surface area contributed by atoms with Gasteiger partial charge in [0, 0.05) is 0 Å². The Bertz CT molecular complexity index is 437. The zero-order valence-electron chi connectivity index (χ0n) is 12.1. The first kappa shape index (κ1) is 14.1. The molecule has 0 unspecified atom stereocenters. The SMILES string of the molecule is CC(C)[C@H](OCc1ccccc1)[C@@H]1OC(=O)C1(C)C. The molecule has 3 nitrogen and oxygen atoms in total. The molecule has 1 aliphatic heterocycles. The maximum absolute atomic E-state index is 11.5. The minimum Gasteiger partial charge on any atom is -0.458 e. The van der Waals surface area contributed by atoms with Crippen LogP contribution in [0.3, 0.4) is 0 Å². The quantitative estimate of drug-likeness (QED) is 0.765. The lowest BCUT2D eigenvalue weighted by molar-refractivity contribution is -0.227. The molecular formula is C16H22O3. The molecule has 1 saturated heterocycles. The van der Waals surface area contributed by atoms with Crippen molar-refractivity contribution < 1.29 is 14.3 Å². The van der Waals surface area contributed by atoms with E-state index < -0.39 is 5.41 Å². The highest BCUT2D eigenvalue weighted by Gasteiger charge is 2.55. The van der Waals surface area contributed by atoms with Crippen molar-refractivity contribution in [2.45, 2.75) is 46.5 Å². The van der Waals surface area contributed by atoms with Gasteiger partial charge in [-0.05, 0) is 25.3 Å². The van der Waals surface area contributed by atoms with E-state index in [1.807, 2.05) is 44.2 Å². The number of esters is 1. The zero-order valence-corrected chi connectivity index (χ0v) is 12.1. The Morgan fingerprint density at radius 3 is 2.37 bits per heavy atom. The Morgan fingerprint density at radius 1 is 1.26 bits per heavy atom. The van der Waals surface area contributed by atoms with E-state index in [0.29, 0.717) is 12.5 Å². The lowest BCUT2D eigenvalue weighted by Gasteiger charge is -2.46. The second kappa shape index (κ2) is 5.33. The molecular weight excluding hydrogens is 240 g/mol. The first-order valence-electron chi connectivity index (χ1n) is 6.79. The third-order valence-corrected chi connectivity index (χ3v) is 3.71. The van der Waals surface area contributed by atoms with Gasteiger partial charge >= 0.3 is 5.97 Å². The fraction of sp³-hybridized carbons (Fsp3) is 0.562. The molecule has 0 spiro atoms. The molecule has 0 amide bonds. The van der Waals surface area contributed by atoms with Crippen LogP contribution in [0, 0.1) is 11.3 Å². The molecule has 1 aliphatic rings. The van der Waals surface area contributed by atoms with Crippen LogP contribution in [0.15, 0.2) is 30.3 Å². The summed E-state index contributed by atoms with van der Waals surface area (Å²) in [6, 6.07) is 10.1. The smallest absolute Gasteiger partial charge is 0.315 e. The Kier molecular flexibility index (Phi) is 3.95. The van der Waals surface area contributed by atoms with Gasteiger partial charge in [-0.1, -0.05) is 44.2 Å². The van der Waals surface area contributed by atoms with Crippen LogP contribution in [0.2, 0.25) is 0 Å². The summed E-state index contributed by atoms with van der Waals surface area (Å²) in [5.74, 6) is 0.174. The fourth-order valence-electron chi connectivity index (χ4n) is 2.35. The molecule has 0 saturated carbocycles. The molecule has 0 radical (unpaired) electrons. The van der Waals surface area contributed by atoms with Crippen LogP contribution in [-0.4, -0.2) is 18.2 Å². The van der Waals surface area contributed by atoms with Crippen molar-refractivity contribution in [3.05, 3.63) is 35.9 Å². The van der Waals surface area contributed by atoms with Crippen molar-refractivity contribution >= 4 is 5.97 Å². The summed E-state index contributed by atoms with van der Waals surface area (Å²) < 4.78 is 11.3. The molecule has 0 aromatic heterocycles. The van der Waals surface area contributed by atoms with Crippen LogP contribution in [0.1, 0.15) is 33.3 Å². The average Bonchev–Trinajstić information content (AvgIpc) is 2.39. The largest absolute Gasteiger partial charge is 0.458 e. The molecule has 1 fully saturated rings. The Hall–Kier alpha value is -1.35. The maximum Gasteiger partial charge on any atom is 0.315 e. The van der Waals surface area contributed by atoms with Gasteiger partial charge in [0.15, 0.2) is 0 Å². The van der Waals surface area contributed by atoms with Gasteiger partial charge in [-0.2, -0.15) is 0 Å². The van der Waals surface area contributed by atoms with Crippen LogP contribution < -0.4 is 0 Å². The van der Waals surface area contributed by atoms with Gasteiger partial charge in [0.25, 0.3) is 0 Å². The van der Waals surface area contributed by atoms with Crippen LogP contribution in [0.5, 0.6) is 0 Å². The Morgan fingerprint density at radius 2 is 1.89 bits per heavy atom. The molecule has 3 heteroatoms. The monoisotopic (exact) mass is 262 g/mol. The second-order valence-electron chi connectivity index (χ2n) is 6.05. The summed E-state index contributed by atoms with van der Waals surface area (Å²) >= 11 is 0. The highest BCUT2D eigenvalue weighted by molar-refractivity contribution is 5.82. The van der Waals surface area contributed by atoms with E-state index in [-0.39, 0.29) is 18.2 Å². The van der Waals surface area contributed by atoms with Gasteiger partial charge in [0.1, 0.15) is 11.5 Å². The lowest BCUT2D eigenvalue weighted by atomic mass is 9.76. The lowest BCUT2D eigenvalue weighted by Crippen LogP contribution is -2.60. The van der Waals surface area contributed by atoms with Gasteiger partial charge in [0.2, 0.25) is 0 Å². The van der Waals surface area contributed by atoms with Crippen LogP contribution in [0.4, 0.5) is 0 Å². The normalized spacial score (nSPS) is 22.8. The van der Waals surface area contributed by atoms with Crippen molar-refractivity contribution in [2.24, 2.45) is 11.3 Å². The number of carbonyl (C=O) groups is 1. The summed E-state index contributed by atoms with van der Waals surface area (Å²) in [4.78, 5) is 11.5. The van der Waals surface area contributed by atoms with Gasteiger partial charge in [0.05, 0.1) is 12.7 Å². The highest BCUT2D eigenvalue weighted by atomic mass is 16.6. The molecule has 0 aliphatic carbocycles. The van der Waals surface area contributed by atoms with E-state index in [1.165, 1.54) is 0 Å². The van der Waals surface area contributed by atoms with Crippen LogP contribution in [0.25, 0.3) is 0 Å². The summed E-state index contributed by atoms with van der Waals surface area (Å²) in [6.45, 7) is 8.58. The molecule has 104 valence electrons. The number of ether oxygens (including phenoxy) is 2. The standard InChI is InChI=1S/C16H22O3/c1-11(2)13(14-16(3,4)15(17)19-14)18-10-12-8-6-5-7-9-12/h5-9,11,13-14H,10H2,1-4H3/t13-,14-/m0/s1. The Balaban J connectivity index is 2.00. The van der Waals surface area contributed by atoms with Gasteiger partial charge in [-0.25, -0.2) is 0 Å². The van der Waals surface area contributed by atoms with E-state index >= 15 is 0 Å². The summed E-state index contributed by atoms with van der Waals surface area (Å²) in [5, 5.41) is 0. The number of cyclic esters (lactones) is 1. The summed E-state index contributed by atoms with van der Waals surface area (Å²) in [5.41, 5.74) is 0.697. The van der Waals surface area contributed by atoms with Crippen molar-refractivity contribution in [1.29, 1.82) is 0 Å². The number of rotatable bonds is 5. The summed E-state index contributed by atoms with van der Waals surface area (Å²) in [7, 11) is 0. The van der Waals surface area contributed by atoms with Gasteiger partial charge in [-0.3, -0.25) is 4.79 Å². The molecule has 2 rings (SSSR count). The minimum atomic E-state index is -0.439. The van der Waals surface area contributed by atoms with E-state index in [2.05, 4.69) is 13.8 Å². The molecule has 1 aromatic rings. The zero-order chi connectivity index (χ0) is 14.0. The van der Waals surface area contributed by atoms with E-state index in [1.54, 1.807) is 0 Å². The average molecular weight is 262 g/mol.